The minimum Gasteiger partial charge on any atom is -0.458 e. The molecular weight excluding hydrogens is 230 g/mol. The Balaban J connectivity index is 2.06. The number of rotatable bonds is 3. The van der Waals surface area contributed by atoms with Crippen molar-refractivity contribution in [3.05, 3.63) is 52.2 Å². The van der Waals surface area contributed by atoms with Gasteiger partial charge in [0.15, 0.2) is 6.26 Å². The van der Waals surface area contributed by atoms with Crippen LogP contribution in [0.25, 0.3) is 0 Å². The van der Waals surface area contributed by atoms with Crippen LogP contribution in [-0.2, 0) is 14.2 Å². The van der Waals surface area contributed by atoms with Crippen molar-refractivity contribution in [3.63, 3.8) is 0 Å². The smallest absolute Gasteiger partial charge is 0.345 e. The molecule has 0 aliphatic carbocycles. The first kappa shape index (κ1) is 10.9. The molecule has 0 bridgehead atoms. The fourth-order valence-corrected chi connectivity index (χ4v) is 1.15. The number of esters is 1. The third kappa shape index (κ3) is 2.51. The van der Waals surface area contributed by atoms with E-state index < -0.39 is 10.9 Å². The van der Waals surface area contributed by atoms with E-state index >= 15 is 0 Å². The summed E-state index contributed by atoms with van der Waals surface area (Å²) in [7, 11) is 0. The van der Waals surface area contributed by atoms with Crippen molar-refractivity contribution in [2.24, 2.45) is 0 Å². The number of nitrogens with zero attached hydrogens (tertiary/aromatic N) is 1. The lowest BCUT2D eigenvalue weighted by Gasteiger charge is -2.02. The quantitative estimate of drug-likeness (QED) is 0.450. The number of nitro benzene ring substituents is 1. The van der Waals surface area contributed by atoms with Crippen LogP contribution >= 0.6 is 0 Å². The largest absolute Gasteiger partial charge is 0.458 e. The standard InChI is InChI=1S/C10H7NO6/c12-10(17-9-5-15-6-16-9)7-1-3-8(4-2-7)11(13)14/h1-5H,6H2. The summed E-state index contributed by atoms with van der Waals surface area (Å²) in [6.07, 6.45) is 1.17. The zero-order valence-corrected chi connectivity index (χ0v) is 8.49. The van der Waals surface area contributed by atoms with Gasteiger partial charge >= 0.3 is 11.9 Å². The molecule has 0 fully saturated rings. The van der Waals surface area contributed by atoms with Crippen molar-refractivity contribution in [1.82, 2.24) is 0 Å². The molecule has 1 heterocycles. The van der Waals surface area contributed by atoms with Crippen molar-refractivity contribution in [2.45, 2.75) is 0 Å². The molecule has 7 nitrogen and oxygen atoms in total. The average Bonchev–Trinajstić information content (AvgIpc) is 2.82. The van der Waals surface area contributed by atoms with Gasteiger partial charge in [-0.2, -0.15) is 0 Å². The Labute approximate surface area is 95.4 Å². The molecule has 17 heavy (non-hydrogen) atoms. The van der Waals surface area contributed by atoms with Gasteiger partial charge in [0.05, 0.1) is 10.5 Å². The number of hydrogen-bond acceptors (Lipinski definition) is 6. The number of nitro groups is 1. The molecule has 0 spiro atoms. The summed E-state index contributed by atoms with van der Waals surface area (Å²) >= 11 is 0. The normalized spacial score (nSPS) is 13.3. The van der Waals surface area contributed by atoms with Crippen LogP contribution in [0, 0.1) is 10.1 Å². The van der Waals surface area contributed by atoms with Gasteiger partial charge in [-0.1, -0.05) is 0 Å². The fraction of sp³-hybridized carbons (Fsp3) is 0.100. The van der Waals surface area contributed by atoms with Gasteiger partial charge in [-0.25, -0.2) is 4.79 Å². The second kappa shape index (κ2) is 4.52. The first-order valence-electron chi connectivity index (χ1n) is 4.58. The number of carbonyl (C=O) groups excluding carboxylic acids is 1. The lowest BCUT2D eigenvalue weighted by molar-refractivity contribution is -0.384. The maximum Gasteiger partial charge on any atom is 0.345 e. The van der Waals surface area contributed by atoms with Crippen LogP contribution in [0.3, 0.4) is 0 Å². The Morgan fingerprint density at radius 1 is 1.35 bits per heavy atom. The molecule has 2 rings (SSSR count). The number of benzene rings is 1. The molecule has 0 unspecified atom stereocenters. The van der Waals surface area contributed by atoms with Crippen LogP contribution in [0.4, 0.5) is 5.69 Å². The van der Waals surface area contributed by atoms with Gasteiger partial charge in [0.25, 0.3) is 5.69 Å². The number of non-ortho nitro benzene ring substituents is 1. The number of hydrogen-bond donors (Lipinski definition) is 0. The molecular formula is C10H7NO6. The van der Waals surface area contributed by atoms with Gasteiger partial charge in [0, 0.05) is 12.1 Å². The van der Waals surface area contributed by atoms with E-state index in [1.807, 2.05) is 0 Å². The van der Waals surface area contributed by atoms with Gasteiger partial charge in [-0.15, -0.1) is 0 Å². The Hall–Kier alpha value is -2.57. The Bertz CT molecular complexity index is 478. The van der Waals surface area contributed by atoms with Crippen molar-refractivity contribution in [3.8, 4) is 0 Å². The third-order valence-corrected chi connectivity index (χ3v) is 1.96. The van der Waals surface area contributed by atoms with E-state index in [2.05, 4.69) is 0 Å². The van der Waals surface area contributed by atoms with Crippen molar-refractivity contribution in [2.75, 3.05) is 6.79 Å². The lowest BCUT2D eigenvalue weighted by Crippen LogP contribution is -2.05. The van der Waals surface area contributed by atoms with Crippen LogP contribution in [0.2, 0.25) is 0 Å². The first-order chi connectivity index (χ1) is 8.16. The second-order valence-electron chi connectivity index (χ2n) is 3.06. The summed E-state index contributed by atoms with van der Waals surface area (Å²) in [6, 6.07) is 5.04. The predicted octanol–water partition coefficient (Wildman–Crippen LogP) is 1.55. The van der Waals surface area contributed by atoms with Crippen LogP contribution in [-0.4, -0.2) is 17.7 Å². The molecule has 1 aromatic carbocycles. The van der Waals surface area contributed by atoms with Gasteiger partial charge in [0.2, 0.25) is 6.79 Å². The molecule has 0 saturated carbocycles. The highest BCUT2D eigenvalue weighted by molar-refractivity contribution is 5.90. The Kier molecular flexibility index (Phi) is 2.91. The topological polar surface area (TPSA) is 87.9 Å². The summed E-state index contributed by atoms with van der Waals surface area (Å²) in [4.78, 5) is 21.4. The van der Waals surface area contributed by atoms with Crippen LogP contribution in [0.1, 0.15) is 10.4 Å². The summed E-state index contributed by atoms with van der Waals surface area (Å²) in [5, 5.41) is 10.4. The number of ether oxygens (including phenoxy) is 3. The fourth-order valence-electron chi connectivity index (χ4n) is 1.15. The summed E-state index contributed by atoms with van der Waals surface area (Å²) < 4.78 is 14.3. The third-order valence-electron chi connectivity index (χ3n) is 1.96. The molecule has 1 aromatic rings. The van der Waals surface area contributed by atoms with E-state index in [4.69, 9.17) is 14.2 Å². The van der Waals surface area contributed by atoms with Crippen molar-refractivity contribution in [1.29, 1.82) is 0 Å². The summed E-state index contributed by atoms with van der Waals surface area (Å²) in [5.74, 6) is -0.704. The van der Waals surface area contributed by atoms with Crippen LogP contribution in [0.5, 0.6) is 0 Å². The van der Waals surface area contributed by atoms with Gasteiger partial charge < -0.3 is 14.2 Å². The molecule has 88 valence electrons. The maximum atomic E-state index is 11.5. The zero-order chi connectivity index (χ0) is 12.3. The average molecular weight is 237 g/mol. The molecule has 0 N–H and O–H groups in total. The summed E-state index contributed by atoms with van der Waals surface area (Å²) in [5.41, 5.74) is 0.0909. The van der Waals surface area contributed by atoms with E-state index in [-0.39, 0.29) is 24.0 Å². The van der Waals surface area contributed by atoms with E-state index in [9.17, 15) is 14.9 Å². The second-order valence-corrected chi connectivity index (χ2v) is 3.06. The molecule has 0 atom stereocenters. The zero-order valence-electron chi connectivity index (χ0n) is 8.49. The highest BCUT2D eigenvalue weighted by Crippen LogP contribution is 2.15. The van der Waals surface area contributed by atoms with E-state index in [1.54, 1.807) is 0 Å². The minimum atomic E-state index is -0.670. The van der Waals surface area contributed by atoms with Gasteiger partial charge in [-0.05, 0) is 12.1 Å². The van der Waals surface area contributed by atoms with Crippen molar-refractivity contribution >= 4 is 11.7 Å². The first-order valence-corrected chi connectivity index (χ1v) is 4.58. The molecule has 1 aliphatic heterocycles. The highest BCUT2D eigenvalue weighted by atomic mass is 16.8. The molecule has 0 amide bonds. The predicted molar refractivity (Wildman–Crippen MR) is 53.6 cm³/mol. The molecule has 7 heteroatoms. The van der Waals surface area contributed by atoms with Crippen LogP contribution in [0.15, 0.2) is 36.5 Å². The van der Waals surface area contributed by atoms with E-state index in [0.29, 0.717) is 0 Å². The van der Waals surface area contributed by atoms with Gasteiger partial charge in [-0.3, -0.25) is 10.1 Å². The van der Waals surface area contributed by atoms with Crippen molar-refractivity contribution < 1.29 is 23.9 Å². The minimum absolute atomic E-state index is 0.00285. The maximum absolute atomic E-state index is 11.5. The molecule has 1 aliphatic rings. The molecule has 0 aromatic heterocycles. The molecule has 0 radical (unpaired) electrons. The highest BCUT2D eigenvalue weighted by Gasteiger charge is 2.16. The van der Waals surface area contributed by atoms with E-state index in [0.717, 1.165) is 0 Å². The summed E-state index contributed by atoms with van der Waals surface area (Å²) in [6.45, 7) is 0.00285. The lowest BCUT2D eigenvalue weighted by atomic mass is 10.2. The van der Waals surface area contributed by atoms with E-state index in [1.165, 1.54) is 30.5 Å². The number of carbonyl (C=O) groups is 1. The SMILES string of the molecule is O=C(OC1=COCO1)c1ccc([N+](=O)[O-])cc1. The monoisotopic (exact) mass is 237 g/mol. The molecule has 0 saturated heterocycles. The van der Waals surface area contributed by atoms with Crippen LogP contribution < -0.4 is 0 Å². The Morgan fingerprint density at radius 3 is 2.59 bits per heavy atom. The Morgan fingerprint density at radius 2 is 2.06 bits per heavy atom. The van der Waals surface area contributed by atoms with Gasteiger partial charge in [0.1, 0.15) is 0 Å².